The smallest absolute Gasteiger partial charge is 0.273 e. The lowest BCUT2D eigenvalue weighted by atomic mass is 10.0. The van der Waals surface area contributed by atoms with Gasteiger partial charge in [0.2, 0.25) is 0 Å². The molecule has 0 atom stereocenters. The van der Waals surface area contributed by atoms with E-state index in [0.29, 0.717) is 5.69 Å². The fourth-order valence-electron chi connectivity index (χ4n) is 2.75. The number of aryl methyl sites for hydroxylation is 1. The van der Waals surface area contributed by atoms with Gasteiger partial charge in [0.15, 0.2) is 5.69 Å². The molecular weight excluding hydrogens is 294 g/mol. The second-order valence-corrected chi connectivity index (χ2v) is 5.73. The molecule has 122 valence electrons. The molecule has 1 fully saturated rings. The largest absolute Gasteiger partial charge is 0.361 e. The number of nitrogens with one attached hydrogen (secondary N) is 1. The molecule has 0 aliphatic carbocycles. The minimum atomic E-state index is -0.158. The lowest BCUT2D eigenvalue weighted by Crippen LogP contribution is -2.45. The normalized spacial score (nSPS) is 15.6. The minimum absolute atomic E-state index is 0.154. The summed E-state index contributed by atoms with van der Waals surface area (Å²) in [6, 6.07) is 1.88. The van der Waals surface area contributed by atoms with Crippen LogP contribution in [0.15, 0.2) is 29.2 Å². The zero-order valence-electron chi connectivity index (χ0n) is 13.2. The topological polar surface area (TPSA) is 84.2 Å². The number of anilines is 1. The van der Waals surface area contributed by atoms with Crippen molar-refractivity contribution in [1.29, 1.82) is 0 Å². The quantitative estimate of drug-likeness (QED) is 0.906. The molecule has 1 saturated heterocycles. The highest BCUT2D eigenvalue weighted by atomic mass is 16.5. The number of amides is 1. The summed E-state index contributed by atoms with van der Waals surface area (Å²) in [5.74, 6) is 1.49. The van der Waals surface area contributed by atoms with Gasteiger partial charge in [-0.05, 0) is 19.3 Å². The van der Waals surface area contributed by atoms with Gasteiger partial charge in [-0.3, -0.25) is 9.78 Å². The van der Waals surface area contributed by atoms with Crippen molar-refractivity contribution < 1.29 is 9.32 Å². The summed E-state index contributed by atoms with van der Waals surface area (Å²) < 4.78 is 5.16. The Kier molecular flexibility index (Phi) is 4.85. The average Bonchev–Trinajstić information content (AvgIpc) is 3.06. The Morgan fingerprint density at radius 2 is 2.22 bits per heavy atom. The van der Waals surface area contributed by atoms with E-state index in [1.54, 1.807) is 24.7 Å². The van der Waals surface area contributed by atoms with Crippen LogP contribution < -0.4 is 10.2 Å². The molecule has 1 aliphatic rings. The van der Waals surface area contributed by atoms with Crippen molar-refractivity contribution in [2.24, 2.45) is 0 Å². The van der Waals surface area contributed by atoms with Crippen LogP contribution in [0.1, 0.15) is 42.4 Å². The van der Waals surface area contributed by atoms with Crippen molar-refractivity contribution in [1.82, 2.24) is 20.4 Å². The average molecular weight is 315 g/mol. The van der Waals surface area contributed by atoms with Gasteiger partial charge in [0, 0.05) is 44.0 Å². The summed E-state index contributed by atoms with van der Waals surface area (Å²) in [5, 5.41) is 6.89. The highest BCUT2D eigenvalue weighted by Crippen LogP contribution is 2.17. The van der Waals surface area contributed by atoms with Gasteiger partial charge in [-0.25, -0.2) is 4.98 Å². The van der Waals surface area contributed by atoms with Crippen LogP contribution in [-0.4, -0.2) is 40.2 Å². The number of hydrogen-bond donors (Lipinski definition) is 1. The molecule has 0 saturated carbocycles. The van der Waals surface area contributed by atoms with Crippen LogP contribution in [0.4, 0.5) is 5.82 Å². The monoisotopic (exact) mass is 315 g/mol. The number of carbonyl (C=O) groups is 1. The number of aromatic nitrogens is 3. The van der Waals surface area contributed by atoms with E-state index in [4.69, 9.17) is 4.52 Å². The second-order valence-electron chi connectivity index (χ2n) is 5.73. The number of hydrogen-bond acceptors (Lipinski definition) is 6. The Hall–Kier alpha value is -2.44. The van der Waals surface area contributed by atoms with E-state index in [1.165, 1.54) is 0 Å². The number of carbonyl (C=O) groups excluding carboxylic acids is 1. The van der Waals surface area contributed by atoms with Crippen molar-refractivity contribution in [2.75, 3.05) is 18.0 Å². The highest BCUT2D eigenvalue weighted by Gasteiger charge is 2.23. The molecule has 7 nitrogen and oxygen atoms in total. The van der Waals surface area contributed by atoms with Gasteiger partial charge in [0.05, 0.1) is 6.20 Å². The maximum absolute atomic E-state index is 12.2. The maximum Gasteiger partial charge on any atom is 0.273 e. The van der Waals surface area contributed by atoms with E-state index in [2.05, 4.69) is 32.3 Å². The molecular formula is C16H21N5O2. The van der Waals surface area contributed by atoms with Gasteiger partial charge >= 0.3 is 0 Å². The molecule has 1 amide bonds. The molecule has 1 N–H and O–H groups in total. The molecule has 2 aromatic rings. The molecule has 3 heterocycles. The van der Waals surface area contributed by atoms with Crippen LogP contribution in [0.3, 0.4) is 0 Å². The molecule has 1 aliphatic heterocycles. The molecule has 0 radical (unpaired) electrons. The van der Waals surface area contributed by atoms with E-state index in [1.807, 2.05) is 0 Å². The molecule has 0 aromatic carbocycles. The first-order chi connectivity index (χ1) is 11.3. The first-order valence-electron chi connectivity index (χ1n) is 8.03. The van der Waals surface area contributed by atoms with E-state index >= 15 is 0 Å². The van der Waals surface area contributed by atoms with Crippen LogP contribution in [0.2, 0.25) is 0 Å². The fraction of sp³-hybridized carbons (Fsp3) is 0.500. The van der Waals surface area contributed by atoms with Crippen LogP contribution >= 0.6 is 0 Å². The van der Waals surface area contributed by atoms with E-state index in [0.717, 1.165) is 50.4 Å². The van der Waals surface area contributed by atoms with Crippen molar-refractivity contribution in [3.05, 3.63) is 36.1 Å². The fourth-order valence-corrected chi connectivity index (χ4v) is 2.75. The third-order valence-electron chi connectivity index (χ3n) is 3.99. The maximum atomic E-state index is 12.2. The minimum Gasteiger partial charge on any atom is -0.361 e. The zero-order chi connectivity index (χ0) is 16.1. The molecule has 0 bridgehead atoms. The third kappa shape index (κ3) is 3.85. The van der Waals surface area contributed by atoms with Crippen molar-refractivity contribution >= 4 is 11.7 Å². The molecule has 2 aromatic heterocycles. The summed E-state index contributed by atoms with van der Waals surface area (Å²) in [6.45, 7) is 3.76. The first kappa shape index (κ1) is 15.5. The van der Waals surface area contributed by atoms with Crippen LogP contribution in [-0.2, 0) is 6.42 Å². The lowest BCUT2D eigenvalue weighted by Gasteiger charge is -2.32. The van der Waals surface area contributed by atoms with Gasteiger partial charge in [-0.2, -0.15) is 0 Å². The molecule has 7 heteroatoms. The van der Waals surface area contributed by atoms with Crippen molar-refractivity contribution in [3.8, 4) is 0 Å². The Labute approximate surface area is 135 Å². The predicted molar refractivity (Wildman–Crippen MR) is 85.2 cm³/mol. The molecule has 23 heavy (non-hydrogen) atoms. The van der Waals surface area contributed by atoms with E-state index in [9.17, 15) is 4.79 Å². The number of rotatable bonds is 5. The summed E-state index contributed by atoms with van der Waals surface area (Å²) >= 11 is 0. The Morgan fingerprint density at radius 3 is 2.91 bits per heavy atom. The van der Waals surface area contributed by atoms with Crippen LogP contribution in [0.5, 0.6) is 0 Å². The van der Waals surface area contributed by atoms with Gasteiger partial charge in [0.1, 0.15) is 11.6 Å². The van der Waals surface area contributed by atoms with Crippen molar-refractivity contribution in [3.63, 3.8) is 0 Å². The van der Waals surface area contributed by atoms with Crippen LogP contribution in [0.25, 0.3) is 0 Å². The third-order valence-corrected chi connectivity index (χ3v) is 3.99. The van der Waals surface area contributed by atoms with E-state index < -0.39 is 0 Å². The van der Waals surface area contributed by atoms with Gasteiger partial charge < -0.3 is 14.7 Å². The molecule has 3 rings (SSSR count). The zero-order valence-corrected chi connectivity index (χ0v) is 13.2. The SMILES string of the molecule is CCCc1cc(C(=O)NC2CCN(c3cnccn3)CC2)no1. The van der Waals surface area contributed by atoms with Gasteiger partial charge in [-0.1, -0.05) is 12.1 Å². The summed E-state index contributed by atoms with van der Waals surface area (Å²) in [6.07, 6.45) is 8.66. The second kappa shape index (κ2) is 7.21. The highest BCUT2D eigenvalue weighted by molar-refractivity contribution is 5.92. The summed E-state index contributed by atoms with van der Waals surface area (Å²) in [4.78, 5) is 22.8. The van der Waals surface area contributed by atoms with E-state index in [-0.39, 0.29) is 11.9 Å². The Bertz CT molecular complexity index is 635. The van der Waals surface area contributed by atoms with Gasteiger partial charge in [0.25, 0.3) is 5.91 Å². The molecule has 0 spiro atoms. The first-order valence-corrected chi connectivity index (χ1v) is 8.03. The van der Waals surface area contributed by atoms with Crippen molar-refractivity contribution in [2.45, 2.75) is 38.6 Å². The van der Waals surface area contributed by atoms with Crippen LogP contribution in [0, 0.1) is 0 Å². The summed E-state index contributed by atoms with van der Waals surface area (Å²) in [5.41, 5.74) is 0.366. The predicted octanol–water partition coefficient (Wildman–Crippen LogP) is 1.82. The molecule has 0 unspecified atom stereocenters. The lowest BCUT2D eigenvalue weighted by molar-refractivity contribution is 0.0922. The Morgan fingerprint density at radius 1 is 1.39 bits per heavy atom. The standard InChI is InChI=1S/C16H21N5O2/c1-2-3-13-10-14(20-23-13)16(22)19-12-4-8-21(9-5-12)15-11-17-6-7-18-15/h6-7,10-12H,2-5,8-9H2,1H3,(H,19,22). The number of nitrogens with zero attached hydrogens (tertiary/aromatic N) is 4. The Balaban J connectivity index is 1.51. The number of piperidine rings is 1. The summed E-state index contributed by atoms with van der Waals surface area (Å²) in [7, 11) is 0. The van der Waals surface area contributed by atoms with Gasteiger partial charge in [-0.15, -0.1) is 0 Å².